The largest absolute Gasteiger partial charge is 0.351 e. The Morgan fingerprint density at radius 1 is 1.13 bits per heavy atom. The molecule has 3 N–H and O–H groups in total. The van der Waals surface area contributed by atoms with Crippen LogP contribution in [0.5, 0.6) is 0 Å². The molecule has 15 heavy (non-hydrogen) atoms. The van der Waals surface area contributed by atoms with Gasteiger partial charge in [0.2, 0.25) is 0 Å². The quantitative estimate of drug-likeness (QED) is 0.695. The summed E-state index contributed by atoms with van der Waals surface area (Å²) in [5.41, 5.74) is 4.58. The van der Waals surface area contributed by atoms with E-state index in [4.69, 9.17) is 0 Å². The van der Waals surface area contributed by atoms with E-state index in [0.29, 0.717) is 0 Å². The van der Waals surface area contributed by atoms with Gasteiger partial charge in [-0.25, -0.2) is 9.52 Å². The van der Waals surface area contributed by atoms with Crippen LogP contribution in [0.3, 0.4) is 0 Å². The van der Waals surface area contributed by atoms with Crippen molar-refractivity contribution in [2.75, 3.05) is 0 Å². The van der Waals surface area contributed by atoms with Gasteiger partial charge >= 0.3 is 16.1 Å². The van der Waals surface area contributed by atoms with Crippen LogP contribution in [0.2, 0.25) is 0 Å². The smallest absolute Gasteiger partial charge is 0.326 e. The van der Waals surface area contributed by atoms with E-state index in [0.717, 1.165) is 0 Å². The normalized spacial score (nSPS) is 10.7. The summed E-state index contributed by atoms with van der Waals surface area (Å²) in [5, 5.41) is -1.19. The van der Waals surface area contributed by atoms with Gasteiger partial charge in [0.15, 0.2) is 0 Å². The van der Waals surface area contributed by atoms with Gasteiger partial charge in [0.25, 0.3) is 5.12 Å². The maximum Gasteiger partial charge on any atom is 0.326 e. The van der Waals surface area contributed by atoms with Crippen molar-refractivity contribution in [2.24, 2.45) is 5.73 Å². The van der Waals surface area contributed by atoms with Crippen LogP contribution >= 0.6 is 0 Å². The maximum absolute atomic E-state index is 11.3. The highest BCUT2D eigenvalue weighted by Gasteiger charge is 2.24. The zero-order chi connectivity index (χ0) is 11.5. The van der Waals surface area contributed by atoms with Crippen molar-refractivity contribution >= 4 is 21.2 Å². The topological polar surface area (TPSA) is 106 Å². The minimum Gasteiger partial charge on any atom is -0.351 e. The summed E-state index contributed by atoms with van der Waals surface area (Å²) >= 11 is 0. The predicted molar refractivity (Wildman–Crippen MR) is 52.4 cm³/mol. The molecule has 1 rings (SSSR count). The van der Waals surface area contributed by atoms with Crippen molar-refractivity contribution in [3.05, 3.63) is 35.9 Å². The fourth-order valence-electron chi connectivity index (χ4n) is 0.908. The number of nitrogens with two attached hydrogens (primary N) is 1. The van der Waals surface area contributed by atoms with Gasteiger partial charge < -0.3 is 5.73 Å². The fraction of sp³-hybridized carbons (Fsp3) is 0. The summed E-state index contributed by atoms with van der Waals surface area (Å²) in [5.74, 6) is 0. The Hall–Kier alpha value is -1.89. The van der Waals surface area contributed by atoms with E-state index >= 15 is 0 Å². The summed E-state index contributed by atoms with van der Waals surface area (Å²) in [6.45, 7) is 0. The van der Waals surface area contributed by atoms with E-state index in [1.54, 1.807) is 6.07 Å². The number of rotatable bonds is 1. The van der Waals surface area contributed by atoms with Gasteiger partial charge in [-0.05, 0) is 0 Å². The number of carbonyl (C=O) groups is 2. The molecule has 0 fully saturated rings. The highest BCUT2D eigenvalue weighted by Crippen LogP contribution is 2.03. The van der Waals surface area contributed by atoms with Crippen molar-refractivity contribution in [3.8, 4) is 0 Å². The van der Waals surface area contributed by atoms with Gasteiger partial charge in [-0.3, -0.25) is 4.79 Å². The van der Waals surface area contributed by atoms with Gasteiger partial charge in [-0.2, -0.15) is 8.42 Å². The summed E-state index contributed by atoms with van der Waals surface area (Å²) in [7, 11) is -4.38. The number of benzene rings is 1. The van der Waals surface area contributed by atoms with Crippen molar-refractivity contribution in [1.82, 2.24) is 4.72 Å². The van der Waals surface area contributed by atoms with Gasteiger partial charge in [-0.1, -0.05) is 30.3 Å². The highest BCUT2D eigenvalue weighted by molar-refractivity contribution is 8.05. The molecule has 0 saturated heterocycles. The second-order valence-electron chi connectivity index (χ2n) is 2.62. The number of amides is 2. The molecule has 1 aromatic carbocycles. The molecule has 0 unspecified atom stereocenters. The number of hydrogen-bond donors (Lipinski definition) is 2. The van der Waals surface area contributed by atoms with Crippen LogP contribution in [-0.2, 0) is 10.0 Å². The van der Waals surface area contributed by atoms with E-state index < -0.39 is 21.2 Å². The van der Waals surface area contributed by atoms with Crippen molar-refractivity contribution in [1.29, 1.82) is 0 Å². The molecular formula is C8H8N2O4S. The van der Waals surface area contributed by atoms with Crippen molar-refractivity contribution in [3.63, 3.8) is 0 Å². The number of sulfonamides is 1. The lowest BCUT2D eigenvalue weighted by Gasteiger charge is -2.02. The molecule has 0 bridgehead atoms. The Morgan fingerprint density at radius 2 is 1.67 bits per heavy atom. The minimum atomic E-state index is -4.38. The highest BCUT2D eigenvalue weighted by atomic mass is 32.2. The molecule has 1 aromatic rings. The Kier molecular flexibility index (Phi) is 3.05. The first-order chi connectivity index (χ1) is 6.93. The Balaban J connectivity index is 3.01. The molecule has 0 aliphatic heterocycles. The number of primary amides is 1. The third kappa shape index (κ3) is 2.78. The van der Waals surface area contributed by atoms with Gasteiger partial charge in [-0.15, -0.1) is 0 Å². The molecule has 7 heteroatoms. The van der Waals surface area contributed by atoms with E-state index in [2.05, 4.69) is 5.73 Å². The van der Waals surface area contributed by atoms with Gasteiger partial charge in [0, 0.05) is 5.56 Å². The standard InChI is InChI=1S/C8H8N2O4S/c9-8(12)10-15(13,14)7(11)6-4-2-1-3-5-6/h1-5H,(H3,9,10,12). The molecular weight excluding hydrogens is 220 g/mol. The molecule has 0 radical (unpaired) electrons. The third-order valence-electron chi connectivity index (χ3n) is 1.49. The summed E-state index contributed by atoms with van der Waals surface area (Å²) in [6.07, 6.45) is 0. The van der Waals surface area contributed by atoms with Crippen LogP contribution in [-0.4, -0.2) is 19.6 Å². The monoisotopic (exact) mass is 228 g/mol. The molecule has 0 saturated carbocycles. The molecule has 0 aliphatic carbocycles. The van der Waals surface area contributed by atoms with E-state index in [1.807, 2.05) is 0 Å². The molecule has 0 aliphatic rings. The fourth-order valence-corrected chi connectivity index (χ4v) is 1.71. The first kappa shape index (κ1) is 11.2. The van der Waals surface area contributed by atoms with E-state index in [-0.39, 0.29) is 5.56 Å². The summed E-state index contributed by atoms with van der Waals surface area (Å²) in [6, 6.07) is 6.00. The van der Waals surface area contributed by atoms with Crippen LogP contribution in [0.1, 0.15) is 10.4 Å². The van der Waals surface area contributed by atoms with Gasteiger partial charge in [0.05, 0.1) is 0 Å². The molecule has 0 heterocycles. The Morgan fingerprint density at radius 3 is 2.13 bits per heavy atom. The van der Waals surface area contributed by atoms with Crippen LogP contribution < -0.4 is 10.5 Å². The molecule has 0 aromatic heterocycles. The third-order valence-corrected chi connectivity index (χ3v) is 2.68. The molecule has 0 spiro atoms. The minimum absolute atomic E-state index is 0.0359. The molecule has 2 amide bonds. The second-order valence-corrected chi connectivity index (χ2v) is 4.21. The lowest BCUT2D eigenvalue weighted by molar-refractivity contribution is 0.107. The molecule has 80 valence electrons. The lowest BCUT2D eigenvalue weighted by atomic mass is 10.2. The Labute approximate surface area is 86.1 Å². The SMILES string of the molecule is NC(=O)NS(=O)(=O)C(=O)c1ccccc1. The van der Waals surface area contributed by atoms with Crippen molar-refractivity contribution < 1.29 is 18.0 Å². The first-order valence-corrected chi connectivity index (χ1v) is 5.33. The molecule has 6 nitrogen and oxygen atoms in total. The number of nitrogens with one attached hydrogen (secondary N) is 1. The van der Waals surface area contributed by atoms with E-state index in [9.17, 15) is 18.0 Å². The lowest BCUT2D eigenvalue weighted by Crippen LogP contribution is -2.39. The summed E-state index contributed by atoms with van der Waals surface area (Å²) in [4.78, 5) is 21.7. The van der Waals surface area contributed by atoms with Crippen molar-refractivity contribution in [2.45, 2.75) is 0 Å². The van der Waals surface area contributed by atoms with Crippen LogP contribution in [0, 0.1) is 0 Å². The number of urea groups is 1. The van der Waals surface area contributed by atoms with Crippen LogP contribution in [0.4, 0.5) is 4.79 Å². The predicted octanol–water partition coefficient (Wildman–Crippen LogP) is -0.175. The van der Waals surface area contributed by atoms with Crippen LogP contribution in [0.15, 0.2) is 30.3 Å². The first-order valence-electron chi connectivity index (χ1n) is 3.85. The average molecular weight is 228 g/mol. The number of hydrogen-bond acceptors (Lipinski definition) is 4. The average Bonchev–Trinajstić information content (AvgIpc) is 2.16. The second kappa shape index (κ2) is 4.09. The zero-order valence-corrected chi connectivity index (χ0v) is 8.32. The zero-order valence-electron chi connectivity index (χ0n) is 7.51. The maximum atomic E-state index is 11.3. The summed E-state index contributed by atoms with van der Waals surface area (Å²) < 4.78 is 23.7. The van der Waals surface area contributed by atoms with E-state index in [1.165, 1.54) is 29.0 Å². The Bertz CT molecular complexity index is 481. The van der Waals surface area contributed by atoms with Gasteiger partial charge in [0.1, 0.15) is 0 Å². The van der Waals surface area contributed by atoms with Crippen LogP contribution in [0.25, 0.3) is 0 Å². The number of carbonyl (C=O) groups excluding carboxylic acids is 2. The molecule has 0 atom stereocenters.